The first kappa shape index (κ1) is 21.4. The van der Waals surface area contributed by atoms with E-state index in [2.05, 4.69) is 0 Å². The number of aliphatic hydroxyl groups excluding tert-OH is 1. The smallest absolute Gasteiger partial charge is 0.300 e. The molecular weight excluding hydrogens is 412 g/mol. The highest BCUT2D eigenvalue weighted by Gasteiger charge is 2.47. The minimum absolute atomic E-state index is 0.0258. The molecule has 0 bridgehead atoms. The van der Waals surface area contributed by atoms with Gasteiger partial charge in [-0.1, -0.05) is 61.0 Å². The lowest BCUT2D eigenvalue weighted by atomic mass is 9.94. The van der Waals surface area contributed by atoms with Gasteiger partial charge < -0.3 is 5.11 Å². The molecule has 1 saturated heterocycles. The van der Waals surface area contributed by atoms with Gasteiger partial charge in [-0.2, -0.15) is 0 Å². The van der Waals surface area contributed by atoms with Crippen molar-refractivity contribution in [2.75, 3.05) is 4.90 Å². The van der Waals surface area contributed by atoms with Gasteiger partial charge in [0.1, 0.15) is 5.76 Å². The second-order valence-corrected chi connectivity index (χ2v) is 7.73. The number of aliphatic hydroxyl groups is 1. The van der Waals surface area contributed by atoms with Crippen molar-refractivity contribution < 1.29 is 23.5 Å². The van der Waals surface area contributed by atoms with Gasteiger partial charge in [-0.3, -0.25) is 14.5 Å². The van der Waals surface area contributed by atoms with Crippen LogP contribution in [0.4, 0.5) is 14.5 Å². The summed E-state index contributed by atoms with van der Waals surface area (Å²) < 4.78 is 27.5. The standard InChI is InChI=1S/C26H21F2NO3/c1-3-16-7-9-17(10-8-16)24(30)22-23(18-6-4-5-15(2)13-18)29(26(32)25(22)31)19-11-12-20(27)21(28)14-19/h4-14,23,30H,3H2,1-2H3/b24-22+. The number of anilines is 1. The summed E-state index contributed by atoms with van der Waals surface area (Å²) in [7, 11) is 0. The van der Waals surface area contributed by atoms with Crippen LogP contribution in [0.25, 0.3) is 5.76 Å². The van der Waals surface area contributed by atoms with E-state index in [-0.39, 0.29) is 17.0 Å². The molecule has 1 aliphatic heterocycles. The number of rotatable bonds is 4. The molecule has 3 aromatic carbocycles. The van der Waals surface area contributed by atoms with E-state index in [0.29, 0.717) is 11.1 Å². The molecule has 0 saturated carbocycles. The topological polar surface area (TPSA) is 57.6 Å². The first-order valence-corrected chi connectivity index (χ1v) is 10.2. The summed E-state index contributed by atoms with van der Waals surface area (Å²) in [6.07, 6.45) is 0.810. The van der Waals surface area contributed by atoms with Crippen LogP contribution < -0.4 is 4.90 Å². The second kappa shape index (κ2) is 8.38. The van der Waals surface area contributed by atoms with Gasteiger partial charge in [-0.25, -0.2) is 8.78 Å². The van der Waals surface area contributed by atoms with Gasteiger partial charge in [0.15, 0.2) is 11.6 Å². The Kier molecular flexibility index (Phi) is 5.61. The van der Waals surface area contributed by atoms with Crippen molar-refractivity contribution in [3.8, 4) is 0 Å². The fourth-order valence-corrected chi connectivity index (χ4v) is 3.94. The van der Waals surface area contributed by atoms with Crippen LogP contribution in [0.5, 0.6) is 0 Å². The third kappa shape index (κ3) is 3.68. The molecule has 0 aliphatic carbocycles. The largest absolute Gasteiger partial charge is 0.507 e. The van der Waals surface area contributed by atoms with Crippen LogP contribution in [0.2, 0.25) is 0 Å². The Morgan fingerprint density at radius 3 is 2.31 bits per heavy atom. The second-order valence-electron chi connectivity index (χ2n) is 7.73. The number of amides is 1. The molecule has 1 unspecified atom stereocenters. The summed E-state index contributed by atoms with van der Waals surface area (Å²) in [6, 6.07) is 16.2. The molecule has 3 aromatic rings. The predicted octanol–water partition coefficient (Wildman–Crippen LogP) is 5.46. The Bertz CT molecular complexity index is 1250. The Morgan fingerprint density at radius 2 is 1.69 bits per heavy atom. The third-order valence-electron chi connectivity index (χ3n) is 5.62. The van der Waals surface area contributed by atoms with Gasteiger partial charge in [0.25, 0.3) is 11.7 Å². The molecule has 0 radical (unpaired) electrons. The van der Waals surface area contributed by atoms with Crippen molar-refractivity contribution in [3.63, 3.8) is 0 Å². The lowest BCUT2D eigenvalue weighted by molar-refractivity contribution is -0.132. The monoisotopic (exact) mass is 433 g/mol. The van der Waals surface area contributed by atoms with E-state index >= 15 is 0 Å². The third-order valence-corrected chi connectivity index (χ3v) is 5.62. The predicted molar refractivity (Wildman–Crippen MR) is 118 cm³/mol. The SMILES string of the molecule is CCc1ccc(/C(O)=C2\C(=O)C(=O)N(c3ccc(F)c(F)c3)C2c2cccc(C)c2)cc1. The zero-order valence-corrected chi connectivity index (χ0v) is 17.6. The van der Waals surface area contributed by atoms with Gasteiger partial charge in [0, 0.05) is 17.3 Å². The number of halogens is 2. The van der Waals surface area contributed by atoms with Crippen LogP contribution in [-0.2, 0) is 16.0 Å². The van der Waals surface area contributed by atoms with Crippen molar-refractivity contribution in [1.82, 2.24) is 0 Å². The van der Waals surface area contributed by atoms with E-state index in [1.165, 1.54) is 6.07 Å². The minimum Gasteiger partial charge on any atom is -0.507 e. The van der Waals surface area contributed by atoms with Crippen LogP contribution in [0, 0.1) is 18.6 Å². The van der Waals surface area contributed by atoms with E-state index in [4.69, 9.17) is 0 Å². The molecule has 1 heterocycles. The fourth-order valence-electron chi connectivity index (χ4n) is 3.94. The number of Topliss-reactive ketones (excluding diaryl/α,β-unsaturated/α-hetero) is 1. The number of benzene rings is 3. The Labute approximate surface area is 184 Å². The normalized spacial score (nSPS) is 17.8. The van der Waals surface area contributed by atoms with Crippen LogP contribution in [0.3, 0.4) is 0 Å². The van der Waals surface area contributed by atoms with Gasteiger partial charge in [0.2, 0.25) is 0 Å². The first-order chi connectivity index (χ1) is 15.3. The van der Waals surface area contributed by atoms with Crippen LogP contribution >= 0.6 is 0 Å². The minimum atomic E-state index is -1.14. The highest BCUT2D eigenvalue weighted by molar-refractivity contribution is 6.51. The van der Waals surface area contributed by atoms with Crippen molar-refractivity contribution in [1.29, 1.82) is 0 Å². The molecular formula is C26H21F2NO3. The van der Waals surface area contributed by atoms with Crippen LogP contribution in [0.1, 0.15) is 35.2 Å². The number of ketones is 1. The summed E-state index contributed by atoms with van der Waals surface area (Å²) in [5, 5.41) is 11.1. The molecule has 1 amide bonds. The number of carbonyl (C=O) groups excluding carboxylic acids is 2. The number of nitrogens with zero attached hydrogens (tertiary/aromatic N) is 1. The van der Waals surface area contributed by atoms with Gasteiger partial charge >= 0.3 is 0 Å². The Balaban J connectivity index is 1.94. The summed E-state index contributed by atoms with van der Waals surface area (Å²) in [5.74, 6) is -4.33. The first-order valence-electron chi connectivity index (χ1n) is 10.2. The Hall–Kier alpha value is -3.80. The maximum Gasteiger partial charge on any atom is 0.300 e. The maximum atomic E-state index is 14.0. The highest BCUT2D eigenvalue weighted by Crippen LogP contribution is 2.42. The van der Waals surface area contributed by atoms with E-state index in [1.54, 1.807) is 30.3 Å². The number of hydrogen-bond acceptors (Lipinski definition) is 3. The molecule has 0 spiro atoms. The fraction of sp³-hybridized carbons (Fsp3) is 0.154. The Morgan fingerprint density at radius 1 is 0.969 bits per heavy atom. The number of carbonyl (C=O) groups is 2. The van der Waals surface area contributed by atoms with Crippen LogP contribution in [-0.4, -0.2) is 16.8 Å². The average Bonchev–Trinajstić information content (AvgIpc) is 3.06. The lowest BCUT2D eigenvalue weighted by Crippen LogP contribution is -2.29. The van der Waals surface area contributed by atoms with Crippen molar-refractivity contribution in [2.45, 2.75) is 26.3 Å². The van der Waals surface area contributed by atoms with E-state index in [0.717, 1.165) is 34.6 Å². The van der Waals surface area contributed by atoms with Gasteiger partial charge in [-0.05, 0) is 36.6 Å². The number of aryl methyl sites for hydroxylation is 2. The maximum absolute atomic E-state index is 14.0. The summed E-state index contributed by atoms with van der Waals surface area (Å²) >= 11 is 0. The molecule has 1 atom stereocenters. The quantitative estimate of drug-likeness (QED) is 0.338. The molecule has 6 heteroatoms. The van der Waals surface area contributed by atoms with Crippen molar-refractivity contribution >= 4 is 23.1 Å². The highest BCUT2D eigenvalue weighted by atomic mass is 19.2. The number of hydrogen-bond donors (Lipinski definition) is 1. The lowest BCUT2D eigenvalue weighted by Gasteiger charge is -2.25. The molecule has 0 aromatic heterocycles. The molecule has 162 valence electrons. The molecule has 1 fully saturated rings. The van der Waals surface area contributed by atoms with Gasteiger partial charge in [-0.15, -0.1) is 0 Å². The summed E-state index contributed by atoms with van der Waals surface area (Å²) in [5.41, 5.74) is 2.82. The van der Waals surface area contributed by atoms with E-state index in [1.807, 2.05) is 32.0 Å². The molecule has 32 heavy (non-hydrogen) atoms. The summed E-state index contributed by atoms with van der Waals surface area (Å²) in [6.45, 7) is 3.86. The van der Waals surface area contributed by atoms with E-state index in [9.17, 15) is 23.5 Å². The van der Waals surface area contributed by atoms with Crippen LogP contribution in [0.15, 0.2) is 72.3 Å². The zero-order chi connectivity index (χ0) is 23.0. The van der Waals surface area contributed by atoms with Gasteiger partial charge in [0.05, 0.1) is 11.6 Å². The zero-order valence-electron chi connectivity index (χ0n) is 17.6. The van der Waals surface area contributed by atoms with E-state index < -0.39 is 29.4 Å². The molecule has 4 nitrogen and oxygen atoms in total. The average molecular weight is 433 g/mol. The van der Waals surface area contributed by atoms with Crippen molar-refractivity contribution in [3.05, 3.63) is 106 Å². The molecule has 1 N–H and O–H groups in total. The summed E-state index contributed by atoms with van der Waals surface area (Å²) in [4.78, 5) is 27.2. The molecule has 4 rings (SSSR count). The molecule has 1 aliphatic rings. The van der Waals surface area contributed by atoms with Crippen molar-refractivity contribution in [2.24, 2.45) is 0 Å².